The van der Waals surface area contributed by atoms with Gasteiger partial charge in [-0.15, -0.1) is 0 Å². The summed E-state index contributed by atoms with van der Waals surface area (Å²) in [6.45, 7) is 4.36. The molecular formula is C16H24O4. The molecule has 0 amide bonds. The molecular weight excluding hydrogens is 256 g/mol. The van der Waals surface area contributed by atoms with Gasteiger partial charge in [-0.25, -0.2) is 0 Å². The second-order valence-corrected chi connectivity index (χ2v) is 7.68. The van der Waals surface area contributed by atoms with Gasteiger partial charge in [0, 0.05) is 12.8 Å². The molecule has 4 nitrogen and oxygen atoms in total. The zero-order valence-electron chi connectivity index (χ0n) is 12.4. The quantitative estimate of drug-likeness (QED) is 0.807. The lowest BCUT2D eigenvalue weighted by molar-refractivity contribution is -0.158. The number of carbonyl (C=O) groups is 1. The van der Waals surface area contributed by atoms with E-state index < -0.39 is 17.2 Å². The molecule has 0 aromatic rings. The van der Waals surface area contributed by atoms with Gasteiger partial charge in [0.15, 0.2) is 0 Å². The fourth-order valence-electron chi connectivity index (χ4n) is 4.93. The number of hydrogen-bond acceptors (Lipinski definition) is 3. The van der Waals surface area contributed by atoms with Gasteiger partial charge in [-0.2, -0.15) is 0 Å². The largest absolute Gasteiger partial charge is 0.481 e. The molecule has 2 aliphatic carbocycles. The molecule has 2 saturated carbocycles. The Hall–Kier alpha value is -0.610. The van der Waals surface area contributed by atoms with Crippen LogP contribution in [0.15, 0.2) is 0 Å². The molecule has 0 aromatic carbocycles. The minimum Gasteiger partial charge on any atom is -0.481 e. The van der Waals surface area contributed by atoms with E-state index in [0.717, 1.165) is 12.8 Å². The Morgan fingerprint density at radius 2 is 1.90 bits per heavy atom. The van der Waals surface area contributed by atoms with Crippen molar-refractivity contribution >= 4 is 5.97 Å². The number of ether oxygens (including phenoxy) is 2. The monoisotopic (exact) mass is 280 g/mol. The Morgan fingerprint density at radius 1 is 1.20 bits per heavy atom. The Labute approximate surface area is 119 Å². The molecule has 2 aliphatic heterocycles. The maximum absolute atomic E-state index is 12.1. The highest BCUT2D eigenvalue weighted by molar-refractivity contribution is 5.76. The number of aliphatic carboxylic acids is 1. The van der Waals surface area contributed by atoms with Crippen LogP contribution in [-0.4, -0.2) is 22.7 Å². The number of hydrogen-bond donors (Lipinski definition) is 1. The average molecular weight is 280 g/mol. The number of carboxylic acids is 1. The van der Waals surface area contributed by atoms with Gasteiger partial charge < -0.3 is 14.6 Å². The van der Waals surface area contributed by atoms with Crippen LogP contribution in [0.25, 0.3) is 0 Å². The zero-order valence-corrected chi connectivity index (χ0v) is 12.4. The molecule has 4 atom stereocenters. The predicted molar refractivity (Wildman–Crippen MR) is 71.8 cm³/mol. The van der Waals surface area contributed by atoms with Gasteiger partial charge in [0.1, 0.15) is 0 Å². The highest BCUT2D eigenvalue weighted by Gasteiger charge is 2.94. The van der Waals surface area contributed by atoms with Gasteiger partial charge in [-0.3, -0.25) is 4.79 Å². The molecule has 2 heterocycles. The van der Waals surface area contributed by atoms with Crippen LogP contribution >= 0.6 is 0 Å². The molecule has 4 rings (SSSR count). The lowest BCUT2D eigenvalue weighted by Crippen LogP contribution is -2.45. The average Bonchev–Trinajstić information content (AvgIpc) is 3.17. The Balaban J connectivity index is 1.58. The third-order valence-electron chi connectivity index (χ3n) is 6.56. The van der Waals surface area contributed by atoms with Crippen molar-refractivity contribution in [1.29, 1.82) is 0 Å². The van der Waals surface area contributed by atoms with E-state index in [9.17, 15) is 9.90 Å². The summed E-state index contributed by atoms with van der Waals surface area (Å²) in [5, 5.41) is 9.93. The maximum atomic E-state index is 12.1. The van der Waals surface area contributed by atoms with Crippen molar-refractivity contribution in [1.82, 2.24) is 0 Å². The highest BCUT2D eigenvalue weighted by atomic mass is 17.0. The molecule has 0 radical (unpaired) electrons. The van der Waals surface area contributed by atoms with E-state index in [0.29, 0.717) is 18.3 Å². The molecule has 4 unspecified atom stereocenters. The standard InChI is InChI=1S/C16H24O4/c1-10-5-3-4-6-12(10)8-14(13(17)18)9-16-15(19-16,20-16)7-11(14)2/h10-12H,3-9H2,1-2H3,(H,17,18). The summed E-state index contributed by atoms with van der Waals surface area (Å²) >= 11 is 0. The molecule has 0 aromatic heterocycles. The second-order valence-electron chi connectivity index (χ2n) is 7.68. The van der Waals surface area contributed by atoms with Gasteiger partial charge in [-0.05, 0) is 24.2 Å². The van der Waals surface area contributed by atoms with Crippen LogP contribution in [0.2, 0.25) is 0 Å². The molecule has 112 valence electrons. The van der Waals surface area contributed by atoms with Crippen LogP contribution in [0, 0.1) is 23.2 Å². The van der Waals surface area contributed by atoms with E-state index >= 15 is 0 Å². The summed E-state index contributed by atoms with van der Waals surface area (Å²) in [4.78, 5) is 12.1. The number of rotatable bonds is 3. The Morgan fingerprint density at radius 3 is 2.55 bits per heavy atom. The third-order valence-corrected chi connectivity index (χ3v) is 6.56. The van der Waals surface area contributed by atoms with Crippen molar-refractivity contribution in [3.05, 3.63) is 0 Å². The van der Waals surface area contributed by atoms with E-state index in [-0.39, 0.29) is 11.7 Å². The molecule has 0 spiro atoms. The van der Waals surface area contributed by atoms with Crippen LogP contribution in [0.3, 0.4) is 0 Å². The van der Waals surface area contributed by atoms with Crippen molar-refractivity contribution in [2.24, 2.45) is 23.2 Å². The molecule has 4 fully saturated rings. The molecule has 0 bridgehead atoms. The lowest BCUT2D eigenvalue weighted by Gasteiger charge is -2.41. The van der Waals surface area contributed by atoms with E-state index in [4.69, 9.17) is 9.47 Å². The molecule has 20 heavy (non-hydrogen) atoms. The Kier molecular flexibility index (Phi) is 2.47. The normalized spacial score (nSPS) is 56.6. The van der Waals surface area contributed by atoms with Gasteiger partial charge in [0.2, 0.25) is 11.6 Å². The van der Waals surface area contributed by atoms with Gasteiger partial charge in [0.05, 0.1) is 5.41 Å². The molecule has 4 heteroatoms. The molecule has 1 N–H and O–H groups in total. The van der Waals surface area contributed by atoms with Crippen LogP contribution < -0.4 is 0 Å². The summed E-state index contributed by atoms with van der Waals surface area (Å²) in [5.41, 5.74) is -0.646. The van der Waals surface area contributed by atoms with Crippen LogP contribution in [0.1, 0.15) is 58.8 Å². The van der Waals surface area contributed by atoms with Crippen molar-refractivity contribution in [3.63, 3.8) is 0 Å². The fourth-order valence-corrected chi connectivity index (χ4v) is 4.93. The summed E-state index contributed by atoms with van der Waals surface area (Å²) in [7, 11) is 0. The van der Waals surface area contributed by atoms with Gasteiger partial charge in [0.25, 0.3) is 0 Å². The topological polar surface area (TPSA) is 62.4 Å². The number of epoxide rings is 2. The zero-order chi connectivity index (χ0) is 14.2. The molecule has 2 saturated heterocycles. The predicted octanol–water partition coefficient (Wildman–Crippen LogP) is 3.16. The SMILES string of the molecule is CC1CCCCC1CC1(C(=O)O)CC23OC2(CC1C)O3. The van der Waals surface area contributed by atoms with E-state index in [1.54, 1.807) is 0 Å². The van der Waals surface area contributed by atoms with Crippen LogP contribution in [-0.2, 0) is 14.3 Å². The summed E-state index contributed by atoms with van der Waals surface area (Å²) in [6.07, 6.45) is 7.09. The van der Waals surface area contributed by atoms with Gasteiger partial charge in [-0.1, -0.05) is 39.5 Å². The maximum Gasteiger partial charge on any atom is 0.310 e. The van der Waals surface area contributed by atoms with Crippen molar-refractivity contribution in [3.8, 4) is 0 Å². The number of carboxylic acid groups (broad SMARTS) is 1. The second kappa shape index (κ2) is 3.77. The first-order valence-electron chi connectivity index (χ1n) is 8.07. The van der Waals surface area contributed by atoms with Crippen molar-refractivity contribution < 1.29 is 19.4 Å². The Bertz CT molecular complexity index is 453. The summed E-state index contributed by atoms with van der Waals surface area (Å²) in [6, 6.07) is 0. The third kappa shape index (κ3) is 1.52. The summed E-state index contributed by atoms with van der Waals surface area (Å²) < 4.78 is 11.3. The van der Waals surface area contributed by atoms with Gasteiger partial charge >= 0.3 is 5.97 Å². The molecule has 4 aliphatic rings. The fraction of sp³-hybridized carbons (Fsp3) is 0.938. The lowest BCUT2D eigenvalue weighted by atomic mass is 9.60. The van der Waals surface area contributed by atoms with E-state index in [1.165, 1.54) is 25.7 Å². The van der Waals surface area contributed by atoms with E-state index in [1.807, 2.05) is 0 Å². The first-order valence-corrected chi connectivity index (χ1v) is 8.07. The van der Waals surface area contributed by atoms with Crippen LogP contribution in [0.4, 0.5) is 0 Å². The van der Waals surface area contributed by atoms with Crippen LogP contribution in [0.5, 0.6) is 0 Å². The van der Waals surface area contributed by atoms with Crippen molar-refractivity contribution in [2.75, 3.05) is 0 Å². The minimum absolute atomic E-state index is 0.132. The first-order chi connectivity index (χ1) is 9.43. The van der Waals surface area contributed by atoms with E-state index in [2.05, 4.69) is 13.8 Å². The van der Waals surface area contributed by atoms with Crippen molar-refractivity contribution in [2.45, 2.75) is 70.4 Å². The first kappa shape index (κ1) is 13.1. The minimum atomic E-state index is -0.646. The highest BCUT2D eigenvalue weighted by Crippen LogP contribution is 2.78. The smallest absolute Gasteiger partial charge is 0.310 e. The summed E-state index contributed by atoms with van der Waals surface area (Å²) in [5.74, 6) is -0.191.